The number of carboxylic acids is 1. The maximum absolute atomic E-state index is 11.8. The summed E-state index contributed by atoms with van der Waals surface area (Å²) in [5, 5.41) is 11.8. The van der Waals surface area contributed by atoms with Crippen LogP contribution in [0, 0.1) is 0 Å². The van der Waals surface area contributed by atoms with Crippen molar-refractivity contribution in [2.45, 2.75) is 63.0 Å². The first-order valence-corrected chi connectivity index (χ1v) is 6.74. The van der Waals surface area contributed by atoms with Crippen molar-refractivity contribution in [3.05, 3.63) is 0 Å². The van der Waals surface area contributed by atoms with Gasteiger partial charge in [0.25, 0.3) is 0 Å². The maximum Gasteiger partial charge on any atom is 0.305 e. The quantitative estimate of drug-likeness (QED) is 0.753. The molecule has 0 aromatic heterocycles. The van der Waals surface area contributed by atoms with Crippen LogP contribution in [0.4, 0.5) is 0 Å². The number of hydrogen-bond donors (Lipinski definition) is 2. The molecule has 1 heterocycles. The third kappa shape index (κ3) is 3.45. The van der Waals surface area contributed by atoms with Crippen molar-refractivity contribution in [1.29, 1.82) is 0 Å². The third-order valence-electron chi connectivity index (χ3n) is 3.92. The van der Waals surface area contributed by atoms with Crippen LogP contribution in [0.1, 0.15) is 51.4 Å². The van der Waals surface area contributed by atoms with Crippen molar-refractivity contribution in [2.75, 3.05) is 6.61 Å². The molecule has 2 rings (SSSR count). The Kier molecular flexibility index (Phi) is 4.22. The first-order valence-electron chi connectivity index (χ1n) is 6.74. The average Bonchev–Trinajstić information content (AvgIpc) is 2.75. The maximum atomic E-state index is 11.8. The fourth-order valence-corrected chi connectivity index (χ4v) is 2.76. The summed E-state index contributed by atoms with van der Waals surface area (Å²) in [6.07, 6.45) is 6.12. The van der Waals surface area contributed by atoms with Crippen LogP contribution in [0.2, 0.25) is 0 Å². The van der Waals surface area contributed by atoms with Gasteiger partial charge in [-0.3, -0.25) is 9.59 Å². The number of rotatable bonds is 6. The lowest BCUT2D eigenvalue weighted by atomic mass is 9.74. The number of hydrogen-bond acceptors (Lipinski definition) is 3. The van der Waals surface area contributed by atoms with Crippen LogP contribution >= 0.6 is 0 Å². The number of ether oxygens (including phenoxy) is 1. The van der Waals surface area contributed by atoms with Crippen molar-refractivity contribution < 1.29 is 19.4 Å². The fraction of sp³-hybridized carbons (Fsp3) is 0.846. The van der Waals surface area contributed by atoms with Gasteiger partial charge in [0, 0.05) is 13.0 Å². The molecular weight excluding hydrogens is 234 g/mol. The van der Waals surface area contributed by atoms with Crippen LogP contribution in [0.5, 0.6) is 0 Å². The van der Waals surface area contributed by atoms with Gasteiger partial charge in [-0.2, -0.15) is 0 Å². The molecule has 2 aliphatic rings. The second kappa shape index (κ2) is 5.69. The highest BCUT2D eigenvalue weighted by Gasteiger charge is 2.40. The van der Waals surface area contributed by atoms with E-state index in [4.69, 9.17) is 9.84 Å². The van der Waals surface area contributed by atoms with E-state index in [1.54, 1.807) is 0 Å². The molecule has 5 heteroatoms. The summed E-state index contributed by atoms with van der Waals surface area (Å²) in [4.78, 5) is 22.6. The Morgan fingerprint density at radius 2 is 2.11 bits per heavy atom. The zero-order valence-corrected chi connectivity index (χ0v) is 10.6. The topological polar surface area (TPSA) is 75.6 Å². The highest BCUT2D eigenvalue weighted by Crippen LogP contribution is 2.35. The molecule has 1 saturated carbocycles. The summed E-state index contributed by atoms with van der Waals surface area (Å²) in [6, 6.07) is 0. The Balaban J connectivity index is 1.73. The first kappa shape index (κ1) is 13.3. The van der Waals surface area contributed by atoms with E-state index >= 15 is 0 Å². The molecule has 2 fully saturated rings. The van der Waals surface area contributed by atoms with Gasteiger partial charge in [-0.15, -0.1) is 0 Å². The highest BCUT2D eigenvalue weighted by atomic mass is 16.5. The molecule has 1 unspecified atom stereocenters. The van der Waals surface area contributed by atoms with E-state index in [1.165, 1.54) is 0 Å². The molecule has 1 atom stereocenters. The Labute approximate surface area is 107 Å². The Morgan fingerprint density at radius 3 is 2.61 bits per heavy atom. The Hall–Kier alpha value is -1.10. The summed E-state index contributed by atoms with van der Waals surface area (Å²) < 4.78 is 5.46. The van der Waals surface area contributed by atoms with Crippen LogP contribution in [-0.2, 0) is 14.3 Å². The lowest BCUT2D eigenvalue weighted by Gasteiger charge is -2.41. The van der Waals surface area contributed by atoms with E-state index in [2.05, 4.69) is 5.32 Å². The number of carbonyl (C=O) groups is 2. The number of carboxylic acid groups (broad SMARTS) is 1. The lowest BCUT2D eigenvalue weighted by molar-refractivity contribution is -0.140. The summed E-state index contributed by atoms with van der Waals surface area (Å²) in [5.74, 6) is -0.874. The number of carbonyl (C=O) groups excluding carboxylic acids is 1. The molecule has 18 heavy (non-hydrogen) atoms. The van der Waals surface area contributed by atoms with E-state index in [-0.39, 0.29) is 18.4 Å². The molecule has 1 saturated heterocycles. The predicted molar refractivity (Wildman–Crippen MR) is 65.2 cm³/mol. The van der Waals surface area contributed by atoms with Crippen molar-refractivity contribution in [3.8, 4) is 0 Å². The predicted octanol–water partition coefficient (Wildman–Crippen LogP) is 1.46. The zero-order chi connectivity index (χ0) is 13.0. The van der Waals surface area contributed by atoms with Gasteiger partial charge in [0.2, 0.25) is 5.91 Å². The van der Waals surface area contributed by atoms with Gasteiger partial charge in [-0.1, -0.05) is 0 Å². The van der Waals surface area contributed by atoms with Gasteiger partial charge in [0.1, 0.15) is 0 Å². The van der Waals surface area contributed by atoms with Crippen LogP contribution in [-0.4, -0.2) is 35.2 Å². The van der Waals surface area contributed by atoms with E-state index in [9.17, 15) is 9.59 Å². The van der Waals surface area contributed by atoms with Gasteiger partial charge in [-0.05, 0) is 38.5 Å². The molecule has 0 radical (unpaired) electrons. The summed E-state index contributed by atoms with van der Waals surface area (Å²) >= 11 is 0. The smallest absolute Gasteiger partial charge is 0.305 e. The van der Waals surface area contributed by atoms with Gasteiger partial charge >= 0.3 is 5.97 Å². The molecule has 5 nitrogen and oxygen atoms in total. The number of aliphatic carboxylic acids is 1. The van der Waals surface area contributed by atoms with Gasteiger partial charge in [-0.25, -0.2) is 0 Å². The minimum atomic E-state index is -0.839. The standard InChI is InChI=1S/C13H21NO4/c15-11(5-4-10-3-1-8-18-10)14-13(6-2-7-13)9-12(16)17/h10H,1-9H2,(H,14,15)(H,16,17). The average molecular weight is 255 g/mol. The first-order chi connectivity index (χ1) is 8.60. The number of nitrogens with one attached hydrogen (secondary N) is 1. The molecule has 0 bridgehead atoms. The fourth-order valence-electron chi connectivity index (χ4n) is 2.76. The van der Waals surface area contributed by atoms with Crippen LogP contribution in [0.25, 0.3) is 0 Å². The van der Waals surface area contributed by atoms with Crippen LogP contribution in [0.3, 0.4) is 0 Å². The molecule has 1 aliphatic carbocycles. The number of amides is 1. The van der Waals surface area contributed by atoms with Gasteiger partial charge in [0.05, 0.1) is 18.1 Å². The summed E-state index contributed by atoms with van der Waals surface area (Å²) in [5.41, 5.74) is -0.473. The molecule has 1 amide bonds. The van der Waals surface area contributed by atoms with E-state index in [1.807, 2.05) is 0 Å². The SMILES string of the molecule is O=C(O)CC1(NC(=O)CCC2CCCO2)CCC1. The largest absolute Gasteiger partial charge is 0.481 e. The second-order valence-electron chi connectivity index (χ2n) is 5.43. The third-order valence-corrected chi connectivity index (χ3v) is 3.92. The van der Waals surface area contributed by atoms with Gasteiger partial charge in [0.15, 0.2) is 0 Å². The molecule has 102 valence electrons. The molecule has 0 aromatic carbocycles. The van der Waals surface area contributed by atoms with E-state index in [0.717, 1.165) is 45.1 Å². The highest BCUT2D eigenvalue weighted by molar-refractivity contribution is 5.78. The zero-order valence-electron chi connectivity index (χ0n) is 10.6. The van der Waals surface area contributed by atoms with E-state index < -0.39 is 11.5 Å². The monoisotopic (exact) mass is 255 g/mol. The lowest BCUT2D eigenvalue weighted by Crippen LogP contribution is -2.54. The van der Waals surface area contributed by atoms with E-state index in [0.29, 0.717) is 6.42 Å². The minimum Gasteiger partial charge on any atom is -0.481 e. The molecular formula is C13H21NO4. The van der Waals surface area contributed by atoms with Gasteiger partial charge < -0.3 is 15.2 Å². The molecule has 1 aliphatic heterocycles. The van der Waals surface area contributed by atoms with Crippen molar-refractivity contribution in [3.63, 3.8) is 0 Å². The van der Waals surface area contributed by atoms with Crippen LogP contribution < -0.4 is 5.32 Å². The van der Waals surface area contributed by atoms with Crippen molar-refractivity contribution >= 4 is 11.9 Å². The Morgan fingerprint density at radius 1 is 1.33 bits per heavy atom. The van der Waals surface area contributed by atoms with Crippen molar-refractivity contribution in [1.82, 2.24) is 5.32 Å². The van der Waals surface area contributed by atoms with Crippen molar-refractivity contribution in [2.24, 2.45) is 0 Å². The minimum absolute atomic E-state index is 0.0357. The normalized spacial score (nSPS) is 25.4. The molecule has 0 aromatic rings. The summed E-state index contributed by atoms with van der Waals surface area (Å²) in [7, 11) is 0. The summed E-state index contributed by atoms with van der Waals surface area (Å²) in [6.45, 7) is 0.801. The molecule has 0 spiro atoms. The second-order valence-corrected chi connectivity index (χ2v) is 5.43. The Bertz CT molecular complexity index is 319. The van der Waals surface area contributed by atoms with Crippen LogP contribution in [0.15, 0.2) is 0 Å². The molecule has 2 N–H and O–H groups in total.